The van der Waals surface area contributed by atoms with Crippen LogP contribution in [-0.2, 0) is 11.3 Å². The number of carbonyl (C=O) groups excluding carboxylic acids is 1. The first-order valence-corrected chi connectivity index (χ1v) is 9.31. The van der Waals surface area contributed by atoms with Crippen molar-refractivity contribution in [2.75, 3.05) is 28.3 Å². The first kappa shape index (κ1) is 19.8. The summed E-state index contributed by atoms with van der Waals surface area (Å²) in [5, 5.41) is 0.999. The van der Waals surface area contributed by atoms with E-state index in [1.807, 2.05) is 75.4 Å². The molecule has 3 aromatic rings. The van der Waals surface area contributed by atoms with Crippen LogP contribution in [0.4, 0.5) is 0 Å². The number of rotatable bonds is 6. The molecule has 0 aliphatic rings. The molecule has 0 fully saturated rings. The molecular weight excluding hydrogens is 350 g/mol. The Kier molecular flexibility index (Phi) is 5.95. The van der Waals surface area contributed by atoms with Crippen LogP contribution in [-0.4, -0.2) is 48.9 Å². The highest BCUT2D eigenvalue weighted by Crippen LogP contribution is 2.28. The zero-order valence-electron chi connectivity index (χ0n) is 17.1. The maximum Gasteiger partial charge on any atom is 0.244 e. The fraction of sp³-hybridized carbons (Fsp3) is 0.304. The quantitative estimate of drug-likeness (QED) is 0.655. The Labute approximate surface area is 166 Å². The van der Waals surface area contributed by atoms with Crippen LogP contribution in [0.2, 0.25) is 0 Å². The average molecular weight is 377 g/mol. The number of ether oxygens (including phenoxy) is 1. The van der Waals surface area contributed by atoms with Crippen LogP contribution in [0.25, 0.3) is 10.9 Å². The SMILES string of the molecule is COc1ccc(CN(C)C(=O)[C@H](c2cccc(C)c2)N(C)C)c2cccnc12. The van der Waals surface area contributed by atoms with Crippen LogP contribution in [0.3, 0.4) is 0 Å². The molecule has 1 aromatic heterocycles. The minimum atomic E-state index is -0.326. The van der Waals surface area contributed by atoms with Crippen molar-refractivity contribution in [2.45, 2.75) is 19.5 Å². The van der Waals surface area contributed by atoms with Gasteiger partial charge in [-0.2, -0.15) is 0 Å². The molecule has 5 nitrogen and oxygen atoms in total. The van der Waals surface area contributed by atoms with Gasteiger partial charge in [0.2, 0.25) is 5.91 Å². The summed E-state index contributed by atoms with van der Waals surface area (Å²) in [7, 11) is 7.36. The molecule has 0 radical (unpaired) electrons. The van der Waals surface area contributed by atoms with Crippen molar-refractivity contribution in [1.29, 1.82) is 0 Å². The largest absolute Gasteiger partial charge is 0.494 e. The molecule has 1 heterocycles. The maximum atomic E-state index is 13.3. The number of pyridine rings is 1. The molecule has 0 saturated heterocycles. The lowest BCUT2D eigenvalue weighted by atomic mass is 10.0. The summed E-state index contributed by atoms with van der Waals surface area (Å²) in [4.78, 5) is 21.5. The Morgan fingerprint density at radius 1 is 1.11 bits per heavy atom. The molecule has 5 heteroatoms. The number of fused-ring (bicyclic) bond motifs is 1. The topological polar surface area (TPSA) is 45.7 Å². The van der Waals surface area contributed by atoms with E-state index in [-0.39, 0.29) is 11.9 Å². The zero-order valence-corrected chi connectivity index (χ0v) is 17.1. The smallest absolute Gasteiger partial charge is 0.244 e. The van der Waals surface area contributed by atoms with E-state index in [0.717, 1.165) is 33.3 Å². The number of hydrogen-bond acceptors (Lipinski definition) is 4. The highest BCUT2D eigenvalue weighted by Gasteiger charge is 2.26. The van der Waals surface area contributed by atoms with Crippen LogP contribution < -0.4 is 4.74 Å². The van der Waals surface area contributed by atoms with E-state index in [9.17, 15) is 4.79 Å². The second kappa shape index (κ2) is 8.40. The Bertz CT molecular complexity index is 984. The minimum Gasteiger partial charge on any atom is -0.494 e. The number of hydrogen-bond donors (Lipinski definition) is 0. The van der Waals surface area contributed by atoms with Gasteiger partial charge in [-0.05, 0) is 44.3 Å². The monoisotopic (exact) mass is 377 g/mol. The van der Waals surface area contributed by atoms with E-state index >= 15 is 0 Å². The predicted octanol–water partition coefficient (Wildman–Crippen LogP) is 3.81. The van der Waals surface area contributed by atoms with E-state index in [4.69, 9.17) is 4.74 Å². The highest BCUT2D eigenvalue weighted by atomic mass is 16.5. The van der Waals surface area contributed by atoms with Crippen LogP contribution in [0.1, 0.15) is 22.7 Å². The van der Waals surface area contributed by atoms with Gasteiger partial charge in [0.15, 0.2) is 0 Å². The van der Waals surface area contributed by atoms with Gasteiger partial charge in [0.25, 0.3) is 0 Å². The van der Waals surface area contributed by atoms with Crippen molar-refractivity contribution in [3.8, 4) is 5.75 Å². The summed E-state index contributed by atoms with van der Waals surface area (Å²) in [5.74, 6) is 0.794. The highest BCUT2D eigenvalue weighted by molar-refractivity contribution is 5.88. The predicted molar refractivity (Wildman–Crippen MR) is 112 cm³/mol. The van der Waals surface area contributed by atoms with E-state index < -0.39 is 0 Å². The number of carbonyl (C=O) groups is 1. The number of methoxy groups -OCH3 is 1. The molecule has 0 spiro atoms. The molecule has 0 aliphatic carbocycles. The molecular formula is C23H27N3O2. The number of amides is 1. The molecule has 0 unspecified atom stereocenters. The lowest BCUT2D eigenvalue weighted by Gasteiger charge is -2.29. The lowest BCUT2D eigenvalue weighted by molar-refractivity contribution is -0.135. The molecule has 1 amide bonds. The number of likely N-dealkylation sites (N-methyl/N-ethyl adjacent to an activating group) is 2. The second-order valence-corrected chi connectivity index (χ2v) is 7.30. The third kappa shape index (κ3) is 3.99. The molecule has 0 aliphatic heterocycles. The van der Waals surface area contributed by atoms with Gasteiger partial charge in [-0.15, -0.1) is 0 Å². The van der Waals surface area contributed by atoms with E-state index in [1.165, 1.54) is 0 Å². The van der Waals surface area contributed by atoms with Crippen molar-refractivity contribution in [1.82, 2.24) is 14.8 Å². The van der Waals surface area contributed by atoms with Crippen molar-refractivity contribution in [2.24, 2.45) is 0 Å². The number of nitrogens with zero attached hydrogens (tertiary/aromatic N) is 3. The standard InChI is InChI=1S/C23H27N3O2/c1-16-8-6-9-17(14-16)22(25(2)3)23(27)26(4)15-18-11-12-20(28-5)21-19(18)10-7-13-24-21/h6-14,22H,15H2,1-5H3/t22-/m0/s1. The molecule has 0 bridgehead atoms. The zero-order chi connectivity index (χ0) is 20.3. The molecule has 1 atom stereocenters. The summed E-state index contributed by atoms with van der Waals surface area (Å²) < 4.78 is 5.42. The van der Waals surface area contributed by atoms with Crippen LogP contribution in [0.5, 0.6) is 5.75 Å². The summed E-state index contributed by atoms with van der Waals surface area (Å²) >= 11 is 0. The van der Waals surface area contributed by atoms with Gasteiger partial charge < -0.3 is 9.64 Å². The van der Waals surface area contributed by atoms with Gasteiger partial charge >= 0.3 is 0 Å². The van der Waals surface area contributed by atoms with Gasteiger partial charge in [-0.3, -0.25) is 14.7 Å². The fourth-order valence-corrected chi connectivity index (χ4v) is 3.55. The first-order valence-electron chi connectivity index (χ1n) is 9.31. The van der Waals surface area contributed by atoms with Crippen molar-refractivity contribution in [3.05, 3.63) is 71.4 Å². The normalized spacial score (nSPS) is 12.2. The molecule has 146 valence electrons. The fourth-order valence-electron chi connectivity index (χ4n) is 3.55. The Morgan fingerprint density at radius 3 is 2.57 bits per heavy atom. The van der Waals surface area contributed by atoms with E-state index in [0.29, 0.717) is 6.54 Å². The molecule has 0 saturated carbocycles. The summed E-state index contributed by atoms with van der Waals surface area (Å²) in [5.41, 5.74) is 4.00. The summed E-state index contributed by atoms with van der Waals surface area (Å²) in [6.07, 6.45) is 1.75. The first-order chi connectivity index (χ1) is 13.4. The number of aromatic nitrogens is 1. The van der Waals surface area contributed by atoms with E-state index in [2.05, 4.69) is 11.1 Å². The van der Waals surface area contributed by atoms with Crippen LogP contribution in [0.15, 0.2) is 54.7 Å². The van der Waals surface area contributed by atoms with Gasteiger partial charge in [-0.25, -0.2) is 0 Å². The van der Waals surface area contributed by atoms with Gasteiger partial charge in [0.05, 0.1) is 7.11 Å². The molecule has 0 N–H and O–H groups in total. The van der Waals surface area contributed by atoms with Gasteiger partial charge in [0, 0.05) is 25.2 Å². The molecule has 3 rings (SSSR count). The van der Waals surface area contributed by atoms with Crippen molar-refractivity contribution >= 4 is 16.8 Å². The third-order valence-corrected chi connectivity index (χ3v) is 4.93. The summed E-state index contributed by atoms with van der Waals surface area (Å²) in [6, 6.07) is 15.6. The van der Waals surface area contributed by atoms with Gasteiger partial charge in [-0.1, -0.05) is 42.0 Å². The third-order valence-electron chi connectivity index (χ3n) is 4.93. The Balaban J connectivity index is 1.90. The molecule has 28 heavy (non-hydrogen) atoms. The Morgan fingerprint density at radius 2 is 1.89 bits per heavy atom. The number of aryl methyl sites for hydroxylation is 1. The van der Waals surface area contributed by atoms with E-state index in [1.54, 1.807) is 18.2 Å². The van der Waals surface area contributed by atoms with Crippen LogP contribution >= 0.6 is 0 Å². The molecule has 2 aromatic carbocycles. The second-order valence-electron chi connectivity index (χ2n) is 7.30. The maximum absolute atomic E-state index is 13.3. The summed E-state index contributed by atoms with van der Waals surface area (Å²) in [6.45, 7) is 2.54. The van der Waals surface area contributed by atoms with Gasteiger partial charge in [0.1, 0.15) is 17.3 Å². The van der Waals surface area contributed by atoms with Crippen LogP contribution in [0, 0.1) is 6.92 Å². The minimum absolute atomic E-state index is 0.0588. The Hall–Kier alpha value is -2.92. The average Bonchev–Trinajstić information content (AvgIpc) is 2.68. The number of benzene rings is 2. The lowest BCUT2D eigenvalue weighted by Crippen LogP contribution is -2.38. The van der Waals surface area contributed by atoms with Crippen molar-refractivity contribution in [3.63, 3.8) is 0 Å². The van der Waals surface area contributed by atoms with Crippen molar-refractivity contribution < 1.29 is 9.53 Å².